The van der Waals surface area contributed by atoms with Gasteiger partial charge in [-0.05, 0) is 41.7 Å². The lowest BCUT2D eigenvalue weighted by Crippen LogP contribution is -2.53. The van der Waals surface area contributed by atoms with Crippen LogP contribution in [0.25, 0.3) is 10.8 Å². The molecule has 1 unspecified atom stereocenters. The molecular formula is C21H28N2O4S. The average molecular weight is 405 g/mol. The molecule has 0 saturated carbocycles. The molecule has 0 aliphatic carbocycles. The van der Waals surface area contributed by atoms with E-state index < -0.39 is 16.1 Å². The van der Waals surface area contributed by atoms with Crippen molar-refractivity contribution < 1.29 is 17.9 Å². The van der Waals surface area contributed by atoms with Gasteiger partial charge in [-0.1, -0.05) is 44.2 Å². The lowest BCUT2D eigenvalue weighted by Gasteiger charge is -2.34. The number of likely N-dealkylation sites (tertiary alicyclic amines) is 1. The first-order valence-corrected chi connectivity index (χ1v) is 11.1. The molecule has 28 heavy (non-hydrogen) atoms. The van der Waals surface area contributed by atoms with Gasteiger partial charge in [0.25, 0.3) is 0 Å². The molecule has 0 spiro atoms. The average Bonchev–Trinajstić information content (AvgIpc) is 2.71. The van der Waals surface area contributed by atoms with E-state index in [1.807, 2.05) is 38.1 Å². The van der Waals surface area contributed by atoms with E-state index in [0.717, 1.165) is 23.6 Å². The van der Waals surface area contributed by atoms with Gasteiger partial charge in [0.2, 0.25) is 15.9 Å². The maximum atomic E-state index is 13.0. The predicted molar refractivity (Wildman–Crippen MR) is 110 cm³/mol. The topological polar surface area (TPSA) is 75.7 Å². The van der Waals surface area contributed by atoms with E-state index in [0.29, 0.717) is 13.1 Å². The minimum absolute atomic E-state index is 0.163. The van der Waals surface area contributed by atoms with Gasteiger partial charge in [-0.2, -0.15) is 4.72 Å². The van der Waals surface area contributed by atoms with Crippen LogP contribution in [-0.2, 0) is 19.6 Å². The monoisotopic (exact) mass is 404 g/mol. The SMILES string of the molecule is COC1CCN(C(=O)C(NS(=O)(=O)c2ccc3ccccc3c2)C(C)C)CC1. The number of methoxy groups -OCH3 is 1. The number of carbonyl (C=O) groups excluding carboxylic acids is 1. The largest absolute Gasteiger partial charge is 0.381 e. The summed E-state index contributed by atoms with van der Waals surface area (Å²) in [4.78, 5) is 14.9. The summed E-state index contributed by atoms with van der Waals surface area (Å²) in [5.41, 5.74) is 0. The summed E-state index contributed by atoms with van der Waals surface area (Å²) in [5.74, 6) is -0.336. The van der Waals surface area contributed by atoms with Gasteiger partial charge >= 0.3 is 0 Å². The van der Waals surface area contributed by atoms with Crippen LogP contribution < -0.4 is 4.72 Å². The highest BCUT2D eigenvalue weighted by Crippen LogP contribution is 2.21. The quantitative estimate of drug-likeness (QED) is 0.803. The maximum absolute atomic E-state index is 13.0. The number of nitrogens with one attached hydrogen (secondary N) is 1. The van der Waals surface area contributed by atoms with Crippen LogP contribution in [0.15, 0.2) is 47.4 Å². The van der Waals surface area contributed by atoms with Crippen LogP contribution in [0.2, 0.25) is 0 Å². The van der Waals surface area contributed by atoms with Crippen molar-refractivity contribution in [3.8, 4) is 0 Å². The molecular weight excluding hydrogens is 376 g/mol. The second-order valence-corrected chi connectivity index (χ2v) is 9.33. The predicted octanol–water partition coefficient (Wildman–Crippen LogP) is 2.78. The van der Waals surface area contributed by atoms with Crippen LogP contribution in [-0.4, -0.2) is 51.6 Å². The number of ether oxygens (including phenoxy) is 1. The fraction of sp³-hybridized carbons (Fsp3) is 0.476. The lowest BCUT2D eigenvalue weighted by molar-refractivity contribution is -0.136. The lowest BCUT2D eigenvalue weighted by atomic mass is 10.0. The number of hydrogen-bond donors (Lipinski definition) is 1. The molecule has 1 heterocycles. The minimum Gasteiger partial charge on any atom is -0.381 e. The highest BCUT2D eigenvalue weighted by Gasteiger charge is 2.33. The molecule has 1 N–H and O–H groups in total. The van der Waals surface area contributed by atoms with Gasteiger partial charge in [-0.25, -0.2) is 8.42 Å². The van der Waals surface area contributed by atoms with E-state index in [1.54, 1.807) is 30.2 Å². The van der Waals surface area contributed by atoms with Crippen LogP contribution in [0.4, 0.5) is 0 Å². The summed E-state index contributed by atoms with van der Waals surface area (Å²) >= 11 is 0. The molecule has 0 bridgehead atoms. The summed E-state index contributed by atoms with van der Waals surface area (Å²) in [7, 11) is -2.14. The molecule has 1 aliphatic heterocycles. The molecule has 2 aromatic carbocycles. The van der Waals surface area contributed by atoms with Crippen molar-refractivity contribution in [2.24, 2.45) is 5.92 Å². The first-order valence-electron chi connectivity index (χ1n) is 9.64. The Labute approximate surface area is 166 Å². The highest BCUT2D eigenvalue weighted by molar-refractivity contribution is 7.89. The van der Waals surface area contributed by atoms with Crippen LogP contribution >= 0.6 is 0 Å². The zero-order valence-electron chi connectivity index (χ0n) is 16.6. The first kappa shape index (κ1) is 20.8. The normalized spacial score (nSPS) is 17.2. The summed E-state index contributed by atoms with van der Waals surface area (Å²) < 4.78 is 33.9. The molecule has 1 atom stereocenters. The molecule has 3 rings (SSSR count). The van der Waals surface area contributed by atoms with Crippen molar-refractivity contribution in [2.45, 2.75) is 43.7 Å². The van der Waals surface area contributed by atoms with Crippen molar-refractivity contribution in [1.29, 1.82) is 0 Å². The number of fused-ring (bicyclic) bond motifs is 1. The summed E-state index contributed by atoms with van der Waals surface area (Å²) in [6, 6.07) is 11.8. The molecule has 152 valence electrons. The molecule has 7 heteroatoms. The van der Waals surface area contributed by atoms with Crippen LogP contribution in [0.5, 0.6) is 0 Å². The zero-order chi connectivity index (χ0) is 20.3. The van der Waals surface area contributed by atoms with Crippen molar-refractivity contribution in [3.05, 3.63) is 42.5 Å². The fourth-order valence-corrected chi connectivity index (χ4v) is 4.92. The Kier molecular flexibility index (Phi) is 6.37. The van der Waals surface area contributed by atoms with Gasteiger partial charge in [-0.3, -0.25) is 4.79 Å². The Morgan fingerprint density at radius 1 is 1.11 bits per heavy atom. The Morgan fingerprint density at radius 2 is 1.75 bits per heavy atom. The highest BCUT2D eigenvalue weighted by atomic mass is 32.2. The van der Waals surface area contributed by atoms with Crippen LogP contribution in [0, 0.1) is 5.92 Å². The summed E-state index contributed by atoms with van der Waals surface area (Å²) in [5, 5.41) is 1.82. The summed E-state index contributed by atoms with van der Waals surface area (Å²) in [6.07, 6.45) is 1.70. The van der Waals surface area contributed by atoms with Gasteiger partial charge in [0.05, 0.1) is 11.0 Å². The Morgan fingerprint density at radius 3 is 2.36 bits per heavy atom. The van der Waals surface area contributed by atoms with Gasteiger partial charge in [0, 0.05) is 20.2 Å². The van der Waals surface area contributed by atoms with Gasteiger partial charge in [0.15, 0.2) is 0 Å². The molecule has 0 aromatic heterocycles. The molecule has 6 nitrogen and oxygen atoms in total. The van der Waals surface area contributed by atoms with Gasteiger partial charge in [-0.15, -0.1) is 0 Å². The van der Waals surface area contributed by atoms with Gasteiger partial charge in [0.1, 0.15) is 6.04 Å². The molecule has 1 saturated heterocycles. The summed E-state index contributed by atoms with van der Waals surface area (Å²) in [6.45, 7) is 4.87. The van der Waals surface area contributed by atoms with E-state index in [9.17, 15) is 13.2 Å². The number of nitrogens with zero attached hydrogens (tertiary/aromatic N) is 1. The first-order chi connectivity index (χ1) is 13.3. The van der Waals surface area contributed by atoms with Crippen LogP contribution in [0.1, 0.15) is 26.7 Å². The Hall–Kier alpha value is -1.96. The number of amides is 1. The molecule has 0 radical (unpaired) electrons. The van der Waals surface area contributed by atoms with Crippen molar-refractivity contribution >= 4 is 26.7 Å². The standard InChI is InChI=1S/C21H28N2O4S/c1-15(2)20(21(24)23-12-10-18(27-3)11-13-23)22-28(25,26)19-9-8-16-6-4-5-7-17(16)14-19/h4-9,14-15,18,20,22H,10-13H2,1-3H3. The second kappa shape index (κ2) is 8.59. The molecule has 1 amide bonds. The minimum atomic E-state index is -3.82. The van der Waals surface area contributed by atoms with E-state index >= 15 is 0 Å². The third kappa shape index (κ3) is 4.54. The van der Waals surface area contributed by atoms with E-state index in [2.05, 4.69) is 4.72 Å². The van der Waals surface area contributed by atoms with E-state index in [-0.39, 0.29) is 22.8 Å². The number of sulfonamides is 1. The molecule has 1 aliphatic rings. The van der Waals surface area contributed by atoms with Crippen LogP contribution in [0.3, 0.4) is 0 Å². The Balaban J connectivity index is 1.79. The van der Waals surface area contributed by atoms with Crippen molar-refractivity contribution in [2.75, 3.05) is 20.2 Å². The Bertz CT molecular complexity index is 934. The van der Waals surface area contributed by atoms with E-state index in [4.69, 9.17) is 4.74 Å². The fourth-order valence-electron chi connectivity index (χ4n) is 3.55. The third-order valence-corrected chi connectivity index (χ3v) is 6.77. The van der Waals surface area contributed by atoms with E-state index in [1.165, 1.54) is 0 Å². The smallest absolute Gasteiger partial charge is 0.241 e. The number of piperidine rings is 1. The zero-order valence-corrected chi connectivity index (χ0v) is 17.4. The third-order valence-electron chi connectivity index (χ3n) is 5.33. The van der Waals surface area contributed by atoms with Gasteiger partial charge < -0.3 is 9.64 Å². The maximum Gasteiger partial charge on any atom is 0.241 e. The molecule has 1 fully saturated rings. The van der Waals surface area contributed by atoms with Crippen molar-refractivity contribution in [3.63, 3.8) is 0 Å². The second-order valence-electron chi connectivity index (χ2n) is 7.61. The van der Waals surface area contributed by atoms with Crippen molar-refractivity contribution in [1.82, 2.24) is 9.62 Å². The number of carbonyl (C=O) groups is 1. The molecule has 2 aromatic rings. The number of hydrogen-bond acceptors (Lipinski definition) is 4. The number of benzene rings is 2. The number of rotatable bonds is 6.